The van der Waals surface area contributed by atoms with Gasteiger partial charge >= 0.3 is 0 Å². The number of amides is 1. The van der Waals surface area contributed by atoms with Crippen LogP contribution in [0.25, 0.3) is 0 Å². The minimum Gasteiger partial charge on any atom is -0.454 e. The molecule has 176 valence electrons. The summed E-state index contributed by atoms with van der Waals surface area (Å²) in [6, 6.07) is 7.74. The standard InChI is InChI=1S/C22H26N4O5S2/c1-20-19(27)26-18(15-3-4-16-17(9-15)31-14-30-16)21(11-23,12-25-5-7-29-8-6-25)10-22(26,13-24(20)2)33(28)32-20/h3-4,9,18H,5-8,10,12-14H2,1-2H3/t18?,20-,21?,22?,33?/m0/s1. The number of carbonyl (C=O) groups is 1. The molecule has 2 bridgehead atoms. The van der Waals surface area contributed by atoms with Gasteiger partial charge in [-0.15, -0.1) is 0 Å². The summed E-state index contributed by atoms with van der Waals surface area (Å²) in [6.45, 7) is 5.64. The summed E-state index contributed by atoms with van der Waals surface area (Å²) >= 11 is 0. The van der Waals surface area contributed by atoms with Gasteiger partial charge in [-0.2, -0.15) is 5.26 Å². The fourth-order valence-electron chi connectivity index (χ4n) is 6.00. The van der Waals surface area contributed by atoms with Crippen molar-refractivity contribution in [3.8, 4) is 17.6 Å². The van der Waals surface area contributed by atoms with Crippen molar-refractivity contribution in [2.45, 2.75) is 29.1 Å². The molecule has 0 saturated carbocycles. The number of likely N-dealkylation sites (N-methyl/N-ethyl adjacent to an activating group) is 1. The van der Waals surface area contributed by atoms with Crippen LogP contribution in [0.5, 0.6) is 11.5 Å². The fraction of sp³-hybridized carbons (Fsp3) is 0.636. The second-order valence-corrected chi connectivity index (χ2v) is 13.2. The first-order valence-electron chi connectivity index (χ1n) is 11.1. The van der Waals surface area contributed by atoms with Crippen LogP contribution in [-0.2, 0) is 19.4 Å². The number of hydrogen-bond acceptors (Lipinski definition) is 9. The normalized spacial score (nSPS) is 40.2. The van der Waals surface area contributed by atoms with Gasteiger partial charge in [0.05, 0.1) is 30.7 Å². The monoisotopic (exact) mass is 490 g/mol. The molecule has 6 aliphatic rings. The van der Waals surface area contributed by atoms with E-state index < -0.39 is 31.0 Å². The summed E-state index contributed by atoms with van der Waals surface area (Å²) in [5, 5.41) is 10.7. The fourth-order valence-corrected chi connectivity index (χ4v) is 10.4. The van der Waals surface area contributed by atoms with Crippen molar-refractivity contribution in [1.82, 2.24) is 14.7 Å². The third-order valence-corrected chi connectivity index (χ3v) is 12.1. The summed E-state index contributed by atoms with van der Waals surface area (Å²) < 4.78 is 30.3. The smallest absolute Gasteiger partial charge is 0.256 e. The first-order chi connectivity index (χ1) is 15.8. The molecule has 6 heterocycles. The molecule has 5 atom stereocenters. The molecule has 9 nitrogen and oxygen atoms in total. The number of carbonyl (C=O) groups excluding carboxylic acids is 1. The molecule has 5 fully saturated rings. The lowest BCUT2D eigenvalue weighted by Gasteiger charge is -2.58. The van der Waals surface area contributed by atoms with Gasteiger partial charge in [-0.1, -0.05) is 6.07 Å². The second kappa shape index (κ2) is 7.33. The summed E-state index contributed by atoms with van der Waals surface area (Å²) in [6.07, 6.45) is 0.360. The number of hydrogen-bond donors (Lipinski definition) is 0. The molecule has 11 heteroatoms. The van der Waals surface area contributed by atoms with Gasteiger partial charge in [0.1, 0.15) is 14.7 Å². The van der Waals surface area contributed by atoms with Crippen molar-refractivity contribution in [3.05, 3.63) is 23.8 Å². The molecule has 0 aromatic heterocycles. The zero-order valence-electron chi connectivity index (χ0n) is 18.6. The molecule has 1 aromatic rings. The van der Waals surface area contributed by atoms with Crippen LogP contribution in [-0.4, -0.2) is 87.8 Å². The Labute approximate surface area is 198 Å². The molecule has 1 aromatic carbocycles. The van der Waals surface area contributed by atoms with Crippen LogP contribution in [0.4, 0.5) is 0 Å². The summed E-state index contributed by atoms with van der Waals surface area (Å²) in [5.74, 6) is 1.18. The number of fused-ring (bicyclic) bond motifs is 3. The Morgan fingerprint density at radius 2 is 2.03 bits per heavy atom. The molecule has 5 saturated heterocycles. The van der Waals surface area contributed by atoms with Crippen LogP contribution in [0.3, 0.4) is 0 Å². The van der Waals surface area contributed by atoms with Crippen molar-refractivity contribution in [3.63, 3.8) is 0 Å². The predicted octanol–water partition coefficient (Wildman–Crippen LogP) is 1.30. The van der Waals surface area contributed by atoms with E-state index >= 15 is 0 Å². The van der Waals surface area contributed by atoms with Gasteiger partial charge in [0.25, 0.3) is 5.91 Å². The van der Waals surface area contributed by atoms with Crippen molar-refractivity contribution in [2.24, 2.45) is 5.41 Å². The van der Waals surface area contributed by atoms with Crippen LogP contribution in [0.2, 0.25) is 0 Å². The SMILES string of the molecule is CN1CC23CC(C#N)(CN4CCOCC4)C(c4ccc5c(c4)OCO5)N2C(=O)[C@]1(C)SS3=O. The third-order valence-electron chi connectivity index (χ3n) is 7.73. The van der Waals surface area contributed by atoms with Crippen molar-refractivity contribution in [2.75, 3.05) is 53.2 Å². The van der Waals surface area contributed by atoms with Gasteiger partial charge in [0.15, 0.2) is 16.4 Å². The van der Waals surface area contributed by atoms with E-state index in [1.165, 1.54) is 10.8 Å². The average molecular weight is 491 g/mol. The highest BCUT2D eigenvalue weighted by molar-refractivity contribution is 8.70. The number of nitriles is 1. The van der Waals surface area contributed by atoms with Crippen LogP contribution < -0.4 is 9.47 Å². The van der Waals surface area contributed by atoms with Gasteiger partial charge in [-0.25, -0.2) is 4.21 Å². The topological polar surface area (TPSA) is 95.3 Å². The Morgan fingerprint density at radius 1 is 1.27 bits per heavy atom. The largest absolute Gasteiger partial charge is 0.454 e. The number of nitrogens with zero attached hydrogens (tertiary/aromatic N) is 4. The summed E-state index contributed by atoms with van der Waals surface area (Å²) in [4.78, 5) is 18.2. The zero-order valence-corrected chi connectivity index (χ0v) is 20.2. The molecule has 1 spiro atoms. The van der Waals surface area contributed by atoms with E-state index in [1.54, 1.807) is 4.90 Å². The summed E-state index contributed by atoms with van der Waals surface area (Å²) in [7, 11) is 1.77. The van der Waals surface area contributed by atoms with E-state index in [4.69, 9.17) is 14.2 Å². The molecule has 1 amide bonds. The Bertz CT molecular complexity index is 1090. The van der Waals surface area contributed by atoms with Crippen molar-refractivity contribution < 1.29 is 23.2 Å². The molecule has 4 unspecified atom stereocenters. The molecule has 0 radical (unpaired) electrons. The Kier molecular flexibility index (Phi) is 4.81. The Balaban J connectivity index is 1.51. The number of rotatable bonds is 3. The molecular formula is C22H26N4O5S2. The van der Waals surface area contributed by atoms with Gasteiger partial charge in [0.2, 0.25) is 6.79 Å². The van der Waals surface area contributed by atoms with E-state index in [0.29, 0.717) is 44.2 Å². The predicted molar refractivity (Wildman–Crippen MR) is 122 cm³/mol. The molecule has 33 heavy (non-hydrogen) atoms. The molecule has 7 rings (SSSR count). The Morgan fingerprint density at radius 3 is 2.79 bits per heavy atom. The van der Waals surface area contributed by atoms with Crippen LogP contribution in [0.15, 0.2) is 18.2 Å². The maximum Gasteiger partial charge on any atom is 0.256 e. The van der Waals surface area contributed by atoms with E-state index in [9.17, 15) is 14.3 Å². The zero-order chi connectivity index (χ0) is 23.0. The maximum atomic E-state index is 14.0. The van der Waals surface area contributed by atoms with E-state index in [0.717, 1.165) is 18.7 Å². The molecule has 0 N–H and O–H groups in total. The minimum atomic E-state index is -1.35. The molecular weight excluding hydrogens is 464 g/mol. The van der Waals surface area contributed by atoms with Gasteiger partial charge in [-0.3, -0.25) is 14.6 Å². The first kappa shape index (κ1) is 21.7. The lowest BCUT2D eigenvalue weighted by atomic mass is 9.77. The van der Waals surface area contributed by atoms with Crippen LogP contribution >= 0.6 is 10.8 Å². The minimum absolute atomic E-state index is 0.0809. The van der Waals surface area contributed by atoms with Gasteiger partial charge in [-0.05, 0) is 42.5 Å². The van der Waals surface area contributed by atoms with Gasteiger partial charge < -0.3 is 19.1 Å². The van der Waals surface area contributed by atoms with Crippen LogP contribution in [0.1, 0.15) is 24.9 Å². The van der Waals surface area contributed by atoms with Crippen LogP contribution in [0, 0.1) is 16.7 Å². The van der Waals surface area contributed by atoms with E-state index in [2.05, 4.69) is 11.0 Å². The highest BCUT2D eigenvalue weighted by Gasteiger charge is 2.74. The van der Waals surface area contributed by atoms with E-state index in [-0.39, 0.29) is 12.7 Å². The third kappa shape index (κ3) is 2.88. The molecule has 0 aliphatic carbocycles. The van der Waals surface area contributed by atoms with Gasteiger partial charge in [0, 0.05) is 32.6 Å². The lowest BCUT2D eigenvalue weighted by Crippen LogP contribution is -2.74. The number of morpholine rings is 1. The maximum absolute atomic E-state index is 14.0. The number of benzene rings is 1. The quantitative estimate of drug-likeness (QED) is 0.581. The molecule has 6 aliphatic heterocycles. The second-order valence-electron chi connectivity index (χ2n) is 9.63. The number of piperazine rings is 1. The highest BCUT2D eigenvalue weighted by Crippen LogP contribution is 2.65. The lowest BCUT2D eigenvalue weighted by molar-refractivity contribution is -0.150. The summed E-state index contributed by atoms with van der Waals surface area (Å²) in [5.41, 5.74) is -0.104. The van der Waals surface area contributed by atoms with Crippen molar-refractivity contribution >= 4 is 26.5 Å². The van der Waals surface area contributed by atoms with Crippen molar-refractivity contribution in [1.29, 1.82) is 5.26 Å². The first-order valence-corrected chi connectivity index (χ1v) is 13.6. The number of ether oxygens (including phenoxy) is 3. The highest BCUT2D eigenvalue weighted by atomic mass is 33.1. The Hall–Kier alpha value is -1.84. The van der Waals surface area contributed by atoms with E-state index in [1.807, 2.05) is 37.1 Å². The average Bonchev–Trinajstić information content (AvgIpc) is 3.38.